The smallest absolute Gasteiger partial charge is 0.343 e. The average Bonchev–Trinajstić information content (AvgIpc) is 2.41. The molecule has 0 aromatic carbocycles. The minimum atomic E-state index is -1.33. The molecule has 5 N–H and O–H groups in total. The van der Waals surface area contributed by atoms with Gasteiger partial charge in [0.2, 0.25) is 5.88 Å². The molecule has 78 valence electrons. The maximum atomic E-state index is 11.0. The van der Waals surface area contributed by atoms with E-state index in [9.17, 15) is 14.7 Å². The monoisotopic (exact) mass is 210 g/mol. The molecule has 0 unspecified atom stereocenters. The molecular formula is C7H6N4O4. The number of nitrogens with two attached hydrogens (primary N) is 1. The van der Waals surface area contributed by atoms with Gasteiger partial charge in [0.1, 0.15) is 5.56 Å². The summed E-state index contributed by atoms with van der Waals surface area (Å²) in [6, 6.07) is 0.866. The largest absolute Gasteiger partial charge is 0.493 e. The fraction of sp³-hybridized carbons (Fsp3) is 0. The summed E-state index contributed by atoms with van der Waals surface area (Å²) in [5, 5.41) is 21.7. The van der Waals surface area contributed by atoms with Gasteiger partial charge in [0.25, 0.3) is 5.56 Å². The first-order chi connectivity index (χ1) is 7.00. The zero-order valence-electron chi connectivity index (χ0n) is 7.26. The predicted molar refractivity (Wildman–Crippen MR) is 48.8 cm³/mol. The number of aromatic nitrogens is 3. The van der Waals surface area contributed by atoms with Gasteiger partial charge in [0.05, 0.1) is 6.07 Å². The Morgan fingerprint density at radius 1 is 1.60 bits per heavy atom. The molecule has 8 heteroatoms. The number of hydrogen-bond acceptors (Lipinski definition) is 5. The van der Waals surface area contributed by atoms with Gasteiger partial charge in [-0.15, -0.1) is 5.10 Å². The van der Waals surface area contributed by atoms with Gasteiger partial charge < -0.3 is 20.9 Å². The summed E-state index contributed by atoms with van der Waals surface area (Å²) in [4.78, 5) is 24.0. The first kappa shape index (κ1) is 9.06. The highest BCUT2D eigenvalue weighted by molar-refractivity contribution is 5.99. The summed E-state index contributed by atoms with van der Waals surface area (Å²) in [5.74, 6) is -2.09. The zero-order chi connectivity index (χ0) is 11.2. The Bertz CT molecular complexity index is 611. The normalized spacial score (nSPS) is 10.7. The number of carboxylic acid groups (broad SMARTS) is 1. The van der Waals surface area contributed by atoms with Gasteiger partial charge in [-0.05, 0) is 0 Å². The summed E-state index contributed by atoms with van der Waals surface area (Å²) in [5.41, 5.74) is 4.20. The maximum absolute atomic E-state index is 11.0. The van der Waals surface area contributed by atoms with Crippen LogP contribution in [-0.2, 0) is 0 Å². The number of anilines is 1. The van der Waals surface area contributed by atoms with E-state index in [4.69, 9.17) is 10.8 Å². The van der Waals surface area contributed by atoms with Gasteiger partial charge >= 0.3 is 5.97 Å². The van der Waals surface area contributed by atoms with Crippen LogP contribution >= 0.6 is 0 Å². The summed E-state index contributed by atoms with van der Waals surface area (Å²) in [6.07, 6.45) is 0. The molecule has 15 heavy (non-hydrogen) atoms. The number of carboxylic acids is 1. The Morgan fingerprint density at radius 2 is 2.27 bits per heavy atom. The van der Waals surface area contributed by atoms with Gasteiger partial charge in [-0.3, -0.25) is 4.79 Å². The molecule has 0 saturated carbocycles. The second-order valence-electron chi connectivity index (χ2n) is 2.82. The van der Waals surface area contributed by atoms with Crippen molar-refractivity contribution in [3.05, 3.63) is 22.0 Å². The lowest BCUT2D eigenvalue weighted by molar-refractivity contribution is 0.0700. The summed E-state index contributed by atoms with van der Waals surface area (Å²) < 4.78 is 0.847. The molecule has 2 rings (SSSR count). The summed E-state index contributed by atoms with van der Waals surface area (Å²) >= 11 is 0. The van der Waals surface area contributed by atoms with Crippen molar-refractivity contribution in [3.8, 4) is 5.88 Å². The lowest BCUT2D eigenvalue weighted by Crippen LogP contribution is -2.09. The molecule has 0 radical (unpaired) electrons. The van der Waals surface area contributed by atoms with Gasteiger partial charge in [-0.25, -0.2) is 4.79 Å². The van der Waals surface area contributed by atoms with Crippen molar-refractivity contribution in [3.63, 3.8) is 0 Å². The molecule has 0 aliphatic carbocycles. The molecular weight excluding hydrogens is 204 g/mol. The van der Waals surface area contributed by atoms with E-state index in [-0.39, 0.29) is 17.0 Å². The Kier molecular flexibility index (Phi) is 1.65. The quantitative estimate of drug-likeness (QED) is 0.477. The molecule has 0 fully saturated rings. The molecule has 0 amide bonds. The van der Waals surface area contributed by atoms with Crippen LogP contribution in [-0.4, -0.2) is 30.8 Å². The number of fused-ring (bicyclic) bond motifs is 1. The Morgan fingerprint density at radius 3 is 2.87 bits per heavy atom. The first-order valence-corrected chi connectivity index (χ1v) is 3.84. The van der Waals surface area contributed by atoms with Gasteiger partial charge in [-0.2, -0.15) is 4.52 Å². The Balaban J connectivity index is 2.99. The number of H-pyrrole nitrogens is 1. The van der Waals surface area contributed by atoms with E-state index in [1.165, 1.54) is 0 Å². The minimum absolute atomic E-state index is 0.148. The molecule has 0 spiro atoms. The van der Waals surface area contributed by atoms with Crippen molar-refractivity contribution in [1.82, 2.24) is 14.6 Å². The Labute approximate surface area is 81.6 Å². The van der Waals surface area contributed by atoms with Crippen LogP contribution in [0.1, 0.15) is 10.4 Å². The van der Waals surface area contributed by atoms with E-state index in [1.807, 2.05) is 0 Å². The first-order valence-electron chi connectivity index (χ1n) is 3.84. The third-order valence-electron chi connectivity index (χ3n) is 1.85. The van der Waals surface area contributed by atoms with Crippen molar-refractivity contribution in [2.75, 3.05) is 5.73 Å². The predicted octanol–water partition coefficient (Wildman–Crippen LogP) is -0.991. The van der Waals surface area contributed by atoms with Crippen LogP contribution in [0.3, 0.4) is 0 Å². The third kappa shape index (κ3) is 1.19. The lowest BCUT2D eigenvalue weighted by atomic mass is 10.3. The van der Waals surface area contributed by atoms with Crippen LogP contribution in [0.2, 0.25) is 0 Å². The molecule has 2 aromatic rings. The van der Waals surface area contributed by atoms with E-state index in [0.29, 0.717) is 0 Å². The van der Waals surface area contributed by atoms with Crippen LogP contribution in [0.25, 0.3) is 5.65 Å². The summed E-state index contributed by atoms with van der Waals surface area (Å²) in [7, 11) is 0. The van der Waals surface area contributed by atoms with E-state index in [1.54, 1.807) is 0 Å². The second kappa shape index (κ2) is 2.74. The number of carbonyl (C=O) groups is 1. The van der Waals surface area contributed by atoms with Gasteiger partial charge in [-0.1, -0.05) is 0 Å². The molecule has 0 bridgehead atoms. The average molecular weight is 210 g/mol. The number of nitrogens with one attached hydrogen (secondary N) is 1. The number of hydrogen-bond donors (Lipinski definition) is 4. The minimum Gasteiger partial charge on any atom is -0.493 e. The highest BCUT2D eigenvalue weighted by Gasteiger charge is 2.19. The van der Waals surface area contributed by atoms with Gasteiger partial charge in [0.15, 0.2) is 11.5 Å². The number of rotatable bonds is 1. The van der Waals surface area contributed by atoms with E-state index in [2.05, 4.69) is 10.1 Å². The number of aromatic amines is 1. The second-order valence-corrected chi connectivity index (χ2v) is 2.82. The topological polar surface area (TPSA) is 134 Å². The van der Waals surface area contributed by atoms with Crippen LogP contribution in [0, 0.1) is 0 Å². The fourth-order valence-electron chi connectivity index (χ4n) is 1.26. The molecule has 2 heterocycles. The Hall–Kier alpha value is -2.51. The number of aromatic hydroxyl groups is 1. The fourth-order valence-corrected chi connectivity index (χ4v) is 1.26. The zero-order valence-corrected chi connectivity index (χ0v) is 7.26. The maximum Gasteiger partial charge on any atom is 0.343 e. The van der Waals surface area contributed by atoms with E-state index < -0.39 is 17.4 Å². The van der Waals surface area contributed by atoms with Crippen LogP contribution in [0.15, 0.2) is 10.9 Å². The standard InChI is InChI=1S/C7H6N4O4/c8-5-4(7(14)15)6-9-2(12)1-3(13)11(6)10-5/h1,13H,(H2,8,10)(H,9,12)(H,14,15). The molecule has 0 aliphatic heterocycles. The molecule has 2 aromatic heterocycles. The van der Waals surface area contributed by atoms with Crippen LogP contribution < -0.4 is 11.3 Å². The molecule has 0 saturated heterocycles. The number of nitrogen functional groups attached to an aromatic ring is 1. The van der Waals surface area contributed by atoms with Gasteiger partial charge in [0, 0.05) is 0 Å². The van der Waals surface area contributed by atoms with Crippen molar-refractivity contribution in [2.24, 2.45) is 0 Å². The van der Waals surface area contributed by atoms with Crippen molar-refractivity contribution >= 4 is 17.4 Å². The van der Waals surface area contributed by atoms with Crippen molar-refractivity contribution in [2.45, 2.75) is 0 Å². The molecule has 0 aliphatic rings. The highest BCUT2D eigenvalue weighted by atomic mass is 16.4. The van der Waals surface area contributed by atoms with E-state index in [0.717, 1.165) is 10.6 Å². The third-order valence-corrected chi connectivity index (χ3v) is 1.85. The lowest BCUT2D eigenvalue weighted by Gasteiger charge is -1.95. The van der Waals surface area contributed by atoms with Crippen molar-refractivity contribution < 1.29 is 15.0 Å². The van der Waals surface area contributed by atoms with E-state index >= 15 is 0 Å². The number of nitrogens with zero attached hydrogens (tertiary/aromatic N) is 2. The van der Waals surface area contributed by atoms with Crippen LogP contribution in [0.4, 0.5) is 5.82 Å². The SMILES string of the molecule is Nc1nn2c(O)cc(=O)[nH]c2c1C(=O)O. The highest BCUT2D eigenvalue weighted by Crippen LogP contribution is 2.18. The summed E-state index contributed by atoms with van der Waals surface area (Å²) in [6.45, 7) is 0. The van der Waals surface area contributed by atoms with Crippen LogP contribution in [0.5, 0.6) is 5.88 Å². The number of aromatic carboxylic acids is 1. The van der Waals surface area contributed by atoms with Crippen molar-refractivity contribution in [1.29, 1.82) is 0 Å². The molecule has 0 atom stereocenters. The molecule has 8 nitrogen and oxygen atoms in total.